The van der Waals surface area contributed by atoms with Gasteiger partial charge in [0, 0.05) is 6.61 Å². The number of aliphatic hydroxyl groups excluding tert-OH is 1. The molecule has 0 fully saturated rings. The molecule has 1 N–H and O–H groups in total. The van der Waals surface area contributed by atoms with Gasteiger partial charge in [0.1, 0.15) is 0 Å². The minimum absolute atomic E-state index is 0.0710. The molecule has 0 amide bonds. The number of ether oxygens (including phenoxy) is 2. The number of hydrogen-bond donors (Lipinski definition) is 1. The van der Waals surface area contributed by atoms with Crippen molar-refractivity contribution in [2.75, 3.05) is 20.8 Å². The standard InChI is InChI=1S/C14H22O3/c1-10-8-12(16-4)13(17-5)9-11(10)14(2,3)6-7-15/h8-9,15H,6-7H2,1-5H3. The van der Waals surface area contributed by atoms with Crippen LogP contribution in [-0.4, -0.2) is 25.9 Å². The molecule has 0 radical (unpaired) electrons. The minimum Gasteiger partial charge on any atom is -0.493 e. The number of methoxy groups -OCH3 is 2. The van der Waals surface area contributed by atoms with E-state index in [1.165, 1.54) is 5.56 Å². The lowest BCUT2D eigenvalue weighted by molar-refractivity contribution is 0.251. The molecule has 0 bridgehead atoms. The van der Waals surface area contributed by atoms with E-state index in [2.05, 4.69) is 20.8 Å². The third-order valence-corrected chi connectivity index (χ3v) is 3.20. The van der Waals surface area contributed by atoms with Crippen LogP contribution in [0.25, 0.3) is 0 Å². The maximum absolute atomic E-state index is 9.13. The molecule has 0 unspecified atom stereocenters. The van der Waals surface area contributed by atoms with E-state index in [-0.39, 0.29) is 12.0 Å². The highest BCUT2D eigenvalue weighted by Gasteiger charge is 2.23. The summed E-state index contributed by atoms with van der Waals surface area (Å²) in [6.45, 7) is 6.48. The molecular weight excluding hydrogens is 216 g/mol. The Morgan fingerprint density at radius 3 is 2.12 bits per heavy atom. The Morgan fingerprint density at radius 2 is 1.65 bits per heavy atom. The summed E-state index contributed by atoms with van der Waals surface area (Å²) >= 11 is 0. The van der Waals surface area contributed by atoms with Crippen molar-refractivity contribution in [3.63, 3.8) is 0 Å². The first-order chi connectivity index (χ1) is 7.96. The molecule has 0 saturated heterocycles. The predicted octanol–water partition coefficient (Wildman–Crippen LogP) is 2.67. The second-order valence-corrected chi connectivity index (χ2v) is 4.88. The Balaban J connectivity index is 3.25. The van der Waals surface area contributed by atoms with Crippen molar-refractivity contribution in [3.05, 3.63) is 23.3 Å². The molecule has 0 spiro atoms. The van der Waals surface area contributed by atoms with Gasteiger partial charge in [-0.2, -0.15) is 0 Å². The summed E-state index contributed by atoms with van der Waals surface area (Å²) in [4.78, 5) is 0. The van der Waals surface area contributed by atoms with Gasteiger partial charge in [0.25, 0.3) is 0 Å². The Labute approximate surface area is 103 Å². The van der Waals surface area contributed by atoms with Crippen molar-refractivity contribution >= 4 is 0 Å². The molecule has 96 valence electrons. The van der Waals surface area contributed by atoms with Crippen molar-refractivity contribution in [1.29, 1.82) is 0 Å². The largest absolute Gasteiger partial charge is 0.493 e. The van der Waals surface area contributed by atoms with Crippen LogP contribution in [0.15, 0.2) is 12.1 Å². The highest BCUT2D eigenvalue weighted by molar-refractivity contribution is 5.49. The maximum Gasteiger partial charge on any atom is 0.161 e. The van der Waals surface area contributed by atoms with Crippen LogP contribution in [0.2, 0.25) is 0 Å². The summed E-state index contributed by atoms with van der Waals surface area (Å²) in [7, 11) is 3.27. The molecule has 17 heavy (non-hydrogen) atoms. The summed E-state index contributed by atoms with van der Waals surface area (Å²) in [6, 6.07) is 3.98. The minimum atomic E-state index is -0.0710. The van der Waals surface area contributed by atoms with Crippen LogP contribution in [0.5, 0.6) is 11.5 Å². The molecule has 3 heteroatoms. The van der Waals surface area contributed by atoms with E-state index in [4.69, 9.17) is 14.6 Å². The van der Waals surface area contributed by atoms with Crippen molar-refractivity contribution in [1.82, 2.24) is 0 Å². The van der Waals surface area contributed by atoms with E-state index >= 15 is 0 Å². The van der Waals surface area contributed by atoms with Crippen LogP contribution in [0.1, 0.15) is 31.4 Å². The van der Waals surface area contributed by atoms with Gasteiger partial charge in [-0.3, -0.25) is 0 Å². The maximum atomic E-state index is 9.13. The fourth-order valence-corrected chi connectivity index (χ4v) is 2.12. The van der Waals surface area contributed by atoms with Crippen molar-refractivity contribution in [3.8, 4) is 11.5 Å². The molecule has 3 nitrogen and oxygen atoms in total. The predicted molar refractivity (Wildman–Crippen MR) is 69.0 cm³/mol. The Bertz CT molecular complexity index is 383. The molecule has 1 aromatic carbocycles. The Hall–Kier alpha value is -1.22. The normalized spacial score (nSPS) is 11.4. The monoisotopic (exact) mass is 238 g/mol. The van der Waals surface area contributed by atoms with Gasteiger partial charge in [0.2, 0.25) is 0 Å². The van der Waals surface area contributed by atoms with Crippen molar-refractivity contribution in [2.45, 2.75) is 32.6 Å². The molecule has 1 rings (SSSR count). The third kappa shape index (κ3) is 2.91. The molecule has 0 atom stereocenters. The molecule has 1 aromatic rings. The van der Waals surface area contributed by atoms with E-state index in [0.717, 1.165) is 23.5 Å². The fourth-order valence-electron chi connectivity index (χ4n) is 2.12. The van der Waals surface area contributed by atoms with Crippen LogP contribution in [0.4, 0.5) is 0 Å². The van der Waals surface area contributed by atoms with Crippen molar-refractivity contribution < 1.29 is 14.6 Å². The van der Waals surface area contributed by atoms with Gasteiger partial charge >= 0.3 is 0 Å². The van der Waals surface area contributed by atoms with Gasteiger partial charge in [0.15, 0.2) is 11.5 Å². The van der Waals surface area contributed by atoms with Crippen LogP contribution < -0.4 is 9.47 Å². The molecule has 0 heterocycles. The van der Waals surface area contributed by atoms with E-state index in [1.807, 2.05) is 12.1 Å². The van der Waals surface area contributed by atoms with E-state index in [1.54, 1.807) is 14.2 Å². The number of aryl methyl sites for hydroxylation is 1. The van der Waals surface area contributed by atoms with Crippen LogP contribution in [0, 0.1) is 6.92 Å². The second kappa shape index (κ2) is 5.41. The molecule has 0 aliphatic rings. The van der Waals surface area contributed by atoms with Gasteiger partial charge < -0.3 is 14.6 Å². The van der Waals surface area contributed by atoms with E-state index < -0.39 is 0 Å². The zero-order valence-corrected chi connectivity index (χ0v) is 11.3. The average Bonchev–Trinajstić information content (AvgIpc) is 2.28. The van der Waals surface area contributed by atoms with Crippen LogP contribution >= 0.6 is 0 Å². The summed E-state index contributed by atoms with van der Waals surface area (Å²) in [5, 5.41) is 9.13. The summed E-state index contributed by atoms with van der Waals surface area (Å²) in [6.07, 6.45) is 0.726. The summed E-state index contributed by atoms with van der Waals surface area (Å²) < 4.78 is 10.6. The number of hydrogen-bond acceptors (Lipinski definition) is 3. The number of benzene rings is 1. The SMILES string of the molecule is COc1cc(C)c(C(C)(C)CCO)cc1OC. The summed E-state index contributed by atoms with van der Waals surface area (Å²) in [5.41, 5.74) is 2.27. The van der Waals surface area contributed by atoms with Gasteiger partial charge in [-0.15, -0.1) is 0 Å². The first-order valence-electron chi connectivity index (χ1n) is 5.80. The van der Waals surface area contributed by atoms with Gasteiger partial charge in [-0.05, 0) is 42.0 Å². The first-order valence-corrected chi connectivity index (χ1v) is 5.80. The zero-order chi connectivity index (χ0) is 13.1. The quantitative estimate of drug-likeness (QED) is 0.857. The molecule has 0 aliphatic heterocycles. The average molecular weight is 238 g/mol. The van der Waals surface area contributed by atoms with Crippen LogP contribution in [-0.2, 0) is 5.41 Å². The van der Waals surface area contributed by atoms with Gasteiger partial charge in [-0.1, -0.05) is 13.8 Å². The van der Waals surface area contributed by atoms with E-state index in [9.17, 15) is 0 Å². The van der Waals surface area contributed by atoms with Gasteiger partial charge in [0.05, 0.1) is 14.2 Å². The highest BCUT2D eigenvalue weighted by atomic mass is 16.5. The van der Waals surface area contributed by atoms with Crippen LogP contribution in [0.3, 0.4) is 0 Å². The summed E-state index contributed by atoms with van der Waals surface area (Å²) in [5.74, 6) is 1.48. The van der Waals surface area contributed by atoms with E-state index in [0.29, 0.717) is 0 Å². The lowest BCUT2D eigenvalue weighted by Crippen LogP contribution is -2.20. The lowest BCUT2D eigenvalue weighted by Gasteiger charge is -2.27. The Morgan fingerprint density at radius 1 is 1.12 bits per heavy atom. The molecule has 0 aromatic heterocycles. The number of rotatable bonds is 5. The molecule has 0 saturated carbocycles. The second-order valence-electron chi connectivity index (χ2n) is 4.88. The topological polar surface area (TPSA) is 38.7 Å². The molecule has 0 aliphatic carbocycles. The zero-order valence-electron chi connectivity index (χ0n) is 11.3. The lowest BCUT2D eigenvalue weighted by atomic mass is 9.79. The van der Waals surface area contributed by atoms with Crippen molar-refractivity contribution in [2.24, 2.45) is 0 Å². The molecular formula is C14H22O3. The number of aliphatic hydroxyl groups is 1. The fraction of sp³-hybridized carbons (Fsp3) is 0.571. The Kier molecular flexibility index (Phi) is 4.40. The third-order valence-electron chi connectivity index (χ3n) is 3.20. The van der Waals surface area contributed by atoms with Gasteiger partial charge in [-0.25, -0.2) is 0 Å². The highest BCUT2D eigenvalue weighted by Crippen LogP contribution is 2.37. The smallest absolute Gasteiger partial charge is 0.161 e. The first kappa shape index (κ1) is 13.8.